The van der Waals surface area contributed by atoms with E-state index in [1.807, 2.05) is 6.07 Å². The van der Waals surface area contributed by atoms with E-state index >= 15 is 0 Å². The largest absolute Gasteiger partial charge is 0.381 e. The van der Waals surface area contributed by atoms with Crippen LogP contribution < -0.4 is 14.9 Å². The molecule has 2 aliphatic rings. The number of rotatable bonds is 5. The van der Waals surface area contributed by atoms with Crippen LogP contribution in [0.25, 0.3) is 0 Å². The van der Waals surface area contributed by atoms with Crippen LogP contribution in [0.4, 0.5) is 17.2 Å². The third kappa shape index (κ3) is 3.90. The summed E-state index contributed by atoms with van der Waals surface area (Å²) >= 11 is 0. The van der Waals surface area contributed by atoms with Gasteiger partial charge in [-0.1, -0.05) is 0 Å². The van der Waals surface area contributed by atoms with Crippen LogP contribution in [-0.2, 0) is 21.2 Å². The number of sulfonamides is 1. The van der Waals surface area contributed by atoms with Gasteiger partial charge in [0, 0.05) is 25.2 Å². The lowest BCUT2D eigenvalue weighted by atomic mass is 10.0. The first-order valence-corrected chi connectivity index (χ1v) is 10.6. The number of benzene rings is 1. The van der Waals surface area contributed by atoms with Crippen molar-refractivity contribution >= 4 is 33.1 Å². The average Bonchev–Trinajstić information content (AvgIpc) is 3.46. The number of carbonyl (C=O) groups excluding carboxylic acids is 1. The zero-order chi connectivity index (χ0) is 19.0. The topological polar surface area (TPSA) is 91.4 Å². The van der Waals surface area contributed by atoms with Crippen molar-refractivity contribution in [1.29, 1.82) is 0 Å². The summed E-state index contributed by atoms with van der Waals surface area (Å²) in [4.78, 5) is 17.8. The molecule has 1 saturated carbocycles. The molecular formula is C19H22N4O3S. The van der Waals surface area contributed by atoms with Crippen molar-refractivity contribution in [3.05, 3.63) is 42.1 Å². The Kier molecular flexibility index (Phi) is 4.51. The molecule has 0 spiro atoms. The second kappa shape index (κ2) is 6.84. The van der Waals surface area contributed by atoms with Crippen molar-refractivity contribution < 1.29 is 13.2 Å². The number of fused-ring (bicyclic) bond motifs is 1. The van der Waals surface area contributed by atoms with E-state index in [0.29, 0.717) is 12.6 Å². The average molecular weight is 386 g/mol. The molecule has 4 rings (SSSR count). The Bertz CT molecular complexity index is 969. The minimum Gasteiger partial charge on any atom is -0.381 e. The number of hydrogen-bond acceptors (Lipinski definition) is 5. The molecule has 1 amide bonds. The SMILES string of the molecule is CC(=O)N1CCCc2cc(S(=O)(=O)Nc3ccc(NC4CC4)cn3)ccc21. The minimum atomic E-state index is -3.74. The van der Waals surface area contributed by atoms with E-state index in [4.69, 9.17) is 0 Å². The Labute approximate surface area is 158 Å². The van der Waals surface area contributed by atoms with Crippen molar-refractivity contribution in [3.63, 3.8) is 0 Å². The smallest absolute Gasteiger partial charge is 0.263 e. The van der Waals surface area contributed by atoms with Gasteiger partial charge in [0.25, 0.3) is 10.0 Å². The Balaban J connectivity index is 1.54. The van der Waals surface area contributed by atoms with Gasteiger partial charge in [-0.05, 0) is 61.6 Å². The van der Waals surface area contributed by atoms with Crippen molar-refractivity contribution in [2.75, 3.05) is 21.5 Å². The summed E-state index contributed by atoms with van der Waals surface area (Å²) in [6.45, 7) is 2.19. The van der Waals surface area contributed by atoms with Crippen LogP contribution in [0.2, 0.25) is 0 Å². The van der Waals surface area contributed by atoms with Crippen LogP contribution in [0.15, 0.2) is 41.4 Å². The zero-order valence-corrected chi connectivity index (χ0v) is 15.9. The predicted octanol–water partition coefficient (Wildman–Crippen LogP) is 2.76. The molecule has 8 heteroatoms. The number of aryl methyl sites for hydroxylation is 1. The van der Waals surface area contributed by atoms with Crippen LogP contribution in [0.1, 0.15) is 31.7 Å². The molecule has 2 N–H and O–H groups in total. The van der Waals surface area contributed by atoms with Crippen molar-refractivity contribution in [2.24, 2.45) is 0 Å². The first kappa shape index (κ1) is 17.8. The van der Waals surface area contributed by atoms with E-state index in [1.54, 1.807) is 29.3 Å². The van der Waals surface area contributed by atoms with Gasteiger partial charge < -0.3 is 10.2 Å². The van der Waals surface area contributed by atoms with Gasteiger partial charge in [-0.15, -0.1) is 0 Å². The Hall–Kier alpha value is -2.61. The van der Waals surface area contributed by atoms with E-state index in [-0.39, 0.29) is 16.6 Å². The van der Waals surface area contributed by atoms with Crippen LogP contribution >= 0.6 is 0 Å². The summed E-state index contributed by atoms with van der Waals surface area (Å²) in [5, 5.41) is 3.31. The monoisotopic (exact) mass is 386 g/mol. The molecule has 0 bridgehead atoms. The molecule has 7 nitrogen and oxygen atoms in total. The van der Waals surface area contributed by atoms with Gasteiger partial charge in [0.05, 0.1) is 16.8 Å². The van der Waals surface area contributed by atoms with Gasteiger partial charge in [0.2, 0.25) is 5.91 Å². The molecular weight excluding hydrogens is 364 g/mol. The number of aromatic nitrogens is 1. The van der Waals surface area contributed by atoms with Crippen LogP contribution in [-0.4, -0.2) is 31.9 Å². The van der Waals surface area contributed by atoms with E-state index in [2.05, 4.69) is 15.0 Å². The molecule has 0 atom stereocenters. The standard InChI is InChI=1S/C19H22N4O3S/c1-13(24)23-10-2-3-14-11-17(7-8-18(14)23)27(25,26)22-19-9-6-16(12-20-19)21-15-4-5-15/h6-9,11-12,15,21H,2-5,10H2,1H3,(H,20,22). The molecule has 0 unspecified atom stereocenters. The van der Waals surface area contributed by atoms with E-state index in [1.165, 1.54) is 13.0 Å². The van der Waals surface area contributed by atoms with Gasteiger partial charge in [0.1, 0.15) is 5.82 Å². The summed E-state index contributed by atoms with van der Waals surface area (Å²) in [6, 6.07) is 8.88. The molecule has 2 heterocycles. The van der Waals surface area contributed by atoms with Crippen molar-refractivity contribution in [1.82, 2.24) is 4.98 Å². The van der Waals surface area contributed by atoms with Gasteiger partial charge in [-0.2, -0.15) is 0 Å². The maximum absolute atomic E-state index is 12.7. The van der Waals surface area contributed by atoms with E-state index in [0.717, 1.165) is 42.6 Å². The summed E-state index contributed by atoms with van der Waals surface area (Å²) in [6.07, 6.45) is 5.53. The molecule has 0 saturated heterocycles. The van der Waals surface area contributed by atoms with Crippen molar-refractivity contribution in [2.45, 2.75) is 43.5 Å². The highest BCUT2D eigenvalue weighted by Gasteiger charge is 2.24. The van der Waals surface area contributed by atoms with Crippen molar-refractivity contribution in [3.8, 4) is 0 Å². The number of amides is 1. The molecule has 1 aromatic carbocycles. The van der Waals surface area contributed by atoms with Gasteiger partial charge in [-0.3, -0.25) is 9.52 Å². The zero-order valence-electron chi connectivity index (χ0n) is 15.1. The Morgan fingerprint density at radius 1 is 1.22 bits per heavy atom. The van der Waals surface area contributed by atoms with Crippen LogP contribution in [0.5, 0.6) is 0 Å². The number of pyridine rings is 1. The number of nitrogens with one attached hydrogen (secondary N) is 2. The molecule has 1 aromatic heterocycles. The minimum absolute atomic E-state index is 0.0335. The first-order chi connectivity index (χ1) is 12.9. The lowest BCUT2D eigenvalue weighted by Crippen LogP contribution is -2.33. The van der Waals surface area contributed by atoms with E-state index in [9.17, 15) is 13.2 Å². The lowest BCUT2D eigenvalue weighted by molar-refractivity contribution is -0.116. The lowest BCUT2D eigenvalue weighted by Gasteiger charge is -2.28. The fraction of sp³-hybridized carbons (Fsp3) is 0.368. The van der Waals surface area contributed by atoms with Gasteiger partial charge in [0.15, 0.2) is 0 Å². The maximum atomic E-state index is 12.7. The number of nitrogens with zero attached hydrogens (tertiary/aromatic N) is 2. The fourth-order valence-corrected chi connectivity index (χ4v) is 4.33. The number of hydrogen-bond donors (Lipinski definition) is 2. The molecule has 27 heavy (non-hydrogen) atoms. The Morgan fingerprint density at radius 3 is 2.70 bits per heavy atom. The highest BCUT2D eigenvalue weighted by molar-refractivity contribution is 7.92. The van der Waals surface area contributed by atoms with E-state index < -0.39 is 10.0 Å². The second-order valence-electron chi connectivity index (χ2n) is 7.02. The van der Waals surface area contributed by atoms with Gasteiger partial charge in [-0.25, -0.2) is 13.4 Å². The molecule has 142 valence electrons. The normalized spacial score (nSPS) is 16.6. The molecule has 1 fully saturated rings. The molecule has 2 aromatic rings. The van der Waals surface area contributed by atoms with Gasteiger partial charge >= 0.3 is 0 Å². The van der Waals surface area contributed by atoms with Crippen LogP contribution in [0, 0.1) is 0 Å². The summed E-state index contributed by atoms with van der Waals surface area (Å²) < 4.78 is 28.0. The predicted molar refractivity (Wildman–Crippen MR) is 104 cm³/mol. The summed E-state index contributed by atoms with van der Waals surface area (Å²) in [5.74, 6) is 0.244. The highest BCUT2D eigenvalue weighted by atomic mass is 32.2. The maximum Gasteiger partial charge on any atom is 0.263 e. The summed E-state index contributed by atoms with van der Waals surface area (Å²) in [5.41, 5.74) is 2.55. The number of anilines is 3. The van der Waals surface area contributed by atoms with Crippen LogP contribution in [0.3, 0.4) is 0 Å². The quantitative estimate of drug-likeness (QED) is 0.824. The molecule has 1 aliphatic heterocycles. The third-order valence-corrected chi connectivity index (χ3v) is 6.16. The first-order valence-electron chi connectivity index (χ1n) is 9.09. The molecule has 1 aliphatic carbocycles. The fourth-order valence-electron chi connectivity index (χ4n) is 3.27. The number of carbonyl (C=O) groups is 1. The Morgan fingerprint density at radius 2 is 2.04 bits per heavy atom. The second-order valence-corrected chi connectivity index (χ2v) is 8.70. The molecule has 0 radical (unpaired) electrons. The summed E-state index contributed by atoms with van der Waals surface area (Å²) in [7, 11) is -3.74. The highest BCUT2D eigenvalue weighted by Crippen LogP contribution is 2.30. The third-order valence-electron chi connectivity index (χ3n) is 4.81.